The van der Waals surface area contributed by atoms with Gasteiger partial charge >= 0.3 is 0 Å². The third kappa shape index (κ3) is 6.03. The smallest absolute Gasteiger partial charge is 0.234 e. The van der Waals surface area contributed by atoms with Crippen molar-refractivity contribution in [1.29, 1.82) is 5.26 Å². The Bertz CT molecular complexity index is 1150. The highest BCUT2D eigenvalue weighted by molar-refractivity contribution is 8.00. The van der Waals surface area contributed by atoms with Gasteiger partial charge in [0, 0.05) is 25.4 Å². The second kappa shape index (κ2) is 11.8. The monoisotopic (exact) mass is 449 g/mol. The Labute approximate surface area is 194 Å². The second-order valence-electron chi connectivity index (χ2n) is 6.73. The van der Waals surface area contributed by atoms with Crippen molar-refractivity contribution < 1.29 is 15.8 Å². The van der Waals surface area contributed by atoms with Gasteiger partial charge in [0.2, 0.25) is 5.91 Å². The number of carbonyl (C=O) groups excluding carboxylic acids is 2. The number of amides is 1. The molecular formula is C25H27N3O3S. The lowest BCUT2D eigenvalue weighted by Crippen LogP contribution is -2.17. The molecular weight excluding hydrogens is 422 g/mol. The maximum Gasteiger partial charge on any atom is 0.234 e. The number of hydrogen-bond acceptors (Lipinski definition) is 6. The van der Waals surface area contributed by atoms with Crippen molar-refractivity contribution in [1.82, 2.24) is 4.98 Å². The lowest BCUT2D eigenvalue weighted by atomic mass is 10.0. The van der Waals surface area contributed by atoms with Crippen molar-refractivity contribution in [3.8, 4) is 6.07 Å². The van der Waals surface area contributed by atoms with E-state index in [9.17, 15) is 14.9 Å². The van der Waals surface area contributed by atoms with E-state index in [-0.39, 0.29) is 26.3 Å². The normalized spacial score (nSPS) is 10.0. The average molecular weight is 450 g/mol. The van der Waals surface area contributed by atoms with Crippen molar-refractivity contribution in [3.63, 3.8) is 0 Å². The molecule has 1 amide bonds. The molecule has 0 aliphatic carbocycles. The fourth-order valence-corrected chi connectivity index (χ4v) is 3.93. The van der Waals surface area contributed by atoms with E-state index in [2.05, 4.69) is 16.4 Å². The zero-order valence-electron chi connectivity index (χ0n) is 17.2. The molecule has 0 unspecified atom stereocenters. The number of thioether (sulfide) groups is 1. The summed E-state index contributed by atoms with van der Waals surface area (Å²) in [4.78, 5) is 29.8. The predicted octanol–water partition coefficient (Wildman–Crippen LogP) is 5.25. The van der Waals surface area contributed by atoms with Crippen LogP contribution in [0, 0.1) is 18.3 Å². The number of ketones is 1. The Morgan fingerprint density at radius 1 is 1.16 bits per heavy atom. The van der Waals surface area contributed by atoms with Crippen molar-refractivity contribution in [2.45, 2.75) is 26.0 Å². The Morgan fingerprint density at radius 2 is 1.84 bits per heavy atom. The molecule has 166 valence electrons. The molecule has 0 saturated carbocycles. The van der Waals surface area contributed by atoms with Crippen LogP contribution in [0.5, 0.6) is 0 Å². The van der Waals surface area contributed by atoms with Crippen molar-refractivity contribution >= 4 is 29.1 Å². The number of aromatic nitrogens is 1. The third-order valence-electron chi connectivity index (χ3n) is 4.43. The lowest BCUT2D eigenvalue weighted by molar-refractivity contribution is -0.113. The van der Waals surface area contributed by atoms with Gasteiger partial charge in [-0.05, 0) is 30.7 Å². The molecule has 0 spiro atoms. The quantitative estimate of drug-likeness (QED) is 0.373. The van der Waals surface area contributed by atoms with Crippen LogP contribution in [0.25, 0.3) is 0 Å². The van der Waals surface area contributed by atoms with Crippen molar-refractivity contribution in [2.75, 3.05) is 18.2 Å². The molecule has 0 bridgehead atoms. The zero-order chi connectivity index (χ0) is 22.2. The Hall–Kier alpha value is -3.47. The molecule has 1 heterocycles. The molecule has 6 nitrogen and oxygen atoms in total. The van der Waals surface area contributed by atoms with E-state index in [4.69, 9.17) is 4.74 Å². The highest BCUT2D eigenvalue weighted by Gasteiger charge is 2.17. The van der Waals surface area contributed by atoms with Crippen LogP contribution in [0.1, 0.15) is 41.6 Å². The Morgan fingerprint density at radius 3 is 2.53 bits per heavy atom. The predicted molar refractivity (Wildman–Crippen MR) is 129 cm³/mol. The molecule has 0 aliphatic heterocycles. The maximum atomic E-state index is 12.8. The number of rotatable bonds is 8. The minimum Gasteiger partial charge on any atom is -0.380 e. The molecule has 0 fully saturated rings. The minimum absolute atomic E-state index is 0. The van der Waals surface area contributed by atoms with E-state index >= 15 is 0 Å². The van der Waals surface area contributed by atoms with Crippen LogP contribution < -0.4 is 5.32 Å². The standard InChI is InChI=1S/C24H21N3O3S.CH4.H2/c1-16-12-18(14-30-2)20(13-25)24(26-16)31-15-22(28)27-21-11-7-6-10-19(21)23(29)17-8-4-3-5-9-17;;/h3-12H,14-15H2,1-2H3,(H,27,28);1H4;1H. The number of carbonyl (C=O) groups is 2. The van der Waals surface area contributed by atoms with Gasteiger partial charge in [0.15, 0.2) is 5.78 Å². The number of methoxy groups -OCH3 is 1. The van der Waals surface area contributed by atoms with Crippen molar-refractivity contribution in [2.24, 2.45) is 0 Å². The number of ether oxygens (including phenoxy) is 1. The largest absolute Gasteiger partial charge is 0.380 e. The van der Waals surface area contributed by atoms with E-state index < -0.39 is 0 Å². The number of anilines is 1. The maximum absolute atomic E-state index is 12.8. The highest BCUT2D eigenvalue weighted by Crippen LogP contribution is 2.25. The fraction of sp³-hybridized carbons (Fsp3) is 0.200. The first-order valence-corrected chi connectivity index (χ1v) is 10.5. The first kappa shape index (κ1) is 24.8. The topological polar surface area (TPSA) is 92.1 Å². The number of pyridine rings is 1. The number of hydrogen-bond donors (Lipinski definition) is 1. The lowest BCUT2D eigenvalue weighted by Gasteiger charge is -2.12. The van der Waals surface area contributed by atoms with Gasteiger partial charge < -0.3 is 10.1 Å². The molecule has 7 heteroatoms. The molecule has 0 saturated heterocycles. The van der Waals surface area contributed by atoms with Crippen LogP contribution in [0.3, 0.4) is 0 Å². The number of nitrogens with one attached hydrogen (secondary N) is 1. The molecule has 0 aliphatic rings. The first-order chi connectivity index (χ1) is 15.0. The number of nitrogens with zero attached hydrogens (tertiary/aromatic N) is 2. The number of benzene rings is 2. The third-order valence-corrected chi connectivity index (χ3v) is 5.40. The van der Waals surface area contributed by atoms with Gasteiger partial charge in [-0.15, -0.1) is 0 Å². The van der Waals surface area contributed by atoms with E-state index in [1.54, 1.807) is 61.7 Å². The van der Waals surface area contributed by atoms with Crippen molar-refractivity contribution in [3.05, 3.63) is 88.6 Å². The van der Waals surface area contributed by atoms with Gasteiger partial charge in [-0.2, -0.15) is 5.26 Å². The summed E-state index contributed by atoms with van der Waals surface area (Å²) >= 11 is 1.18. The summed E-state index contributed by atoms with van der Waals surface area (Å²) < 4.78 is 5.16. The molecule has 0 radical (unpaired) electrons. The van der Waals surface area contributed by atoms with Crippen LogP contribution in [0.4, 0.5) is 5.69 Å². The van der Waals surface area contributed by atoms with E-state index in [0.717, 1.165) is 11.3 Å². The summed E-state index contributed by atoms with van der Waals surface area (Å²) in [5, 5.41) is 12.8. The van der Waals surface area contributed by atoms with Gasteiger partial charge in [-0.25, -0.2) is 4.98 Å². The molecule has 32 heavy (non-hydrogen) atoms. The number of nitriles is 1. The molecule has 0 atom stereocenters. The summed E-state index contributed by atoms with van der Waals surface area (Å²) in [6, 6.07) is 19.8. The summed E-state index contributed by atoms with van der Waals surface area (Å²) in [5.74, 6) is -0.412. The zero-order valence-corrected chi connectivity index (χ0v) is 18.0. The Balaban J connectivity index is 0.00000272. The summed E-state index contributed by atoms with van der Waals surface area (Å²) in [7, 11) is 1.56. The second-order valence-corrected chi connectivity index (χ2v) is 7.69. The molecule has 1 N–H and O–H groups in total. The van der Waals surface area contributed by atoms with E-state index in [1.807, 2.05) is 13.0 Å². The minimum atomic E-state index is -0.293. The van der Waals surface area contributed by atoms with Gasteiger partial charge in [-0.3, -0.25) is 9.59 Å². The van der Waals surface area contributed by atoms with E-state index in [1.165, 1.54) is 11.8 Å². The summed E-state index contributed by atoms with van der Waals surface area (Å²) in [5.41, 5.74) is 3.30. The molecule has 3 aromatic rings. The Kier molecular flexibility index (Phi) is 9.14. The molecule has 3 rings (SSSR count). The number of para-hydroxylation sites is 1. The summed E-state index contributed by atoms with van der Waals surface area (Å²) in [6.45, 7) is 2.12. The average Bonchev–Trinajstić information content (AvgIpc) is 2.78. The number of aryl methyl sites for hydroxylation is 1. The van der Waals surface area contributed by atoms with Gasteiger partial charge in [-0.1, -0.05) is 61.7 Å². The summed E-state index contributed by atoms with van der Waals surface area (Å²) in [6.07, 6.45) is 0. The van der Waals surface area contributed by atoms with Crippen LogP contribution in [-0.2, 0) is 16.1 Å². The SMILES string of the molecule is C.COCc1cc(C)nc(SCC(=O)Nc2ccccc2C(=O)c2ccccc2)c1C#N.[HH]. The van der Waals surface area contributed by atoms with Gasteiger partial charge in [0.1, 0.15) is 11.1 Å². The van der Waals surface area contributed by atoms with Crippen LogP contribution in [0.15, 0.2) is 65.7 Å². The van der Waals surface area contributed by atoms with Gasteiger partial charge in [0.05, 0.1) is 23.6 Å². The van der Waals surface area contributed by atoms with Crippen LogP contribution in [-0.4, -0.2) is 29.5 Å². The molecule has 1 aromatic heterocycles. The molecule has 2 aromatic carbocycles. The van der Waals surface area contributed by atoms with Gasteiger partial charge in [0.25, 0.3) is 0 Å². The first-order valence-electron chi connectivity index (χ1n) is 9.54. The van der Waals surface area contributed by atoms with Crippen LogP contribution >= 0.6 is 11.8 Å². The van der Waals surface area contributed by atoms with Crippen LogP contribution in [0.2, 0.25) is 0 Å². The fourth-order valence-electron chi connectivity index (χ4n) is 3.06. The highest BCUT2D eigenvalue weighted by atomic mass is 32.2. The van der Waals surface area contributed by atoms with E-state index in [0.29, 0.717) is 34.0 Å².